The van der Waals surface area contributed by atoms with E-state index in [4.69, 9.17) is 0 Å². The van der Waals surface area contributed by atoms with Gasteiger partial charge in [-0.15, -0.1) is 0 Å². The Kier molecular flexibility index (Phi) is 2.18. The molecule has 0 radical (unpaired) electrons. The molecule has 2 fully saturated rings. The molecule has 3 atom stereocenters. The van der Waals surface area contributed by atoms with Crippen molar-refractivity contribution >= 4 is 0 Å². The van der Waals surface area contributed by atoms with Crippen molar-refractivity contribution in [3.8, 4) is 0 Å². The van der Waals surface area contributed by atoms with Gasteiger partial charge >= 0.3 is 0 Å². The lowest BCUT2D eigenvalue weighted by Gasteiger charge is -2.52. The molecule has 2 aliphatic carbocycles. The monoisotopic (exact) mass is 182 g/mol. The lowest BCUT2D eigenvalue weighted by molar-refractivity contribution is -0.113. The van der Waals surface area contributed by atoms with Gasteiger partial charge in [-0.25, -0.2) is 0 Å². The summed E-state index contributed by atoms with van der Waals surface area (Å²) in [6.07, 6.45) is 8.89. The van der Waals surface area contributed by atoms with Crippen LogP contribution in [0.4, 0.5) is 0 Å². The molecule has 0 heterocycles. The van der Waals surface area contributed by atoms with E-state index in [2.05, 4.69) is 13.8 Å². The van der Waals surface area contributed by atoms with Crippen LogP contribution in [0.25, 0.3) is 0 Å². The Labute approximate surface area is 81.5 Å². The third-order valence-corrected chi connectivity index (χ3v) is 4.51. The van der Waals surface area contributed by atoms with Crippen LogP contribution in [-0.4, -0.2) is 10.7 Å². The van der Waals surface area contributed by atoms with E-state index in [1.54, 1.807) is 0 Å². The van der Waals surface area contributed by atoms with Gasteiger partial charge in [0.1, 0.15) is 0 Å². The molecule has 0 spiro atoms. The number of aliphatic hydroxyl groups is 1. The summed E-state index contributed by atoms with van der Waals surface area (Å²) >= 11 is 0. The Hall–Kier alpha value is -0.0400. The molecule has 1 heteroatoms. The van der Waals surface area contributed by atoms with Crippen molar-refractivity contribution in [2.24, 2.45) is 11.3 Å². The van der Waals surface area contributed by atoms with Gasteiger partial charge in [0, 0.05) is 0 Å². The largest absolute Gasteiger partial charge is 0.390 e. The summed E-state index contributed by atoms with van der Waals surface area (Å²) in [5.41, 5.74) is 0.0907. The van der Waals surface area contributed by atoms with Crippen LogP contribution in [0.1, 0.15) is 58.8 Å². The average Bonchev–Trinajstić information content (AvgIpc) is 2.02. The van der Waals surface area contributed by atoms with Crippen molar-refractivity contribution in [1.29, 1.82) is 0 Å². The van der Waals surface area contributed by atoms with Gasteiger partial charge in [0.2, 0.25) is 0 Å². The summed E-state index contributed by atoms with van der Waals surface area (Å²) in [5.74, 6) is 0.572. The topological polar surface area (TPSA) is 20.2 Å². The van der Waals surface area contributed by atoms with E-state index < -0.39 is 0 Å². The fourth-order valence-electron chi connectivity index (χ4n) is 3.79. The normalized spacial score (nSPS) is 51.5. The first-order valence-corrected chi connectivity index (χ1v) is 5.77. The van der Waals surface area contributed by atoms with Gasteiger partial charge in [0.05, 0.1) is 5.60 Å². The minimum Gasteiger partial charge on any atom is -0.390 e. The molecular weight excluding hydrogens is 160 g/mol. The van der Waals surface area contributed by atoms with Crippen LogP contribution >= 0.6 is 0 Å². The molecule has 1 nitrogen and oxygen atoms in total. The van der Waals surface area contributed by atoms with Crippen molar-refractivity contribution in [2.75, 3.05) is 0 Å². The van der Waals surface area contributed by atoms with Gasteiger partial charge < -0.3 is 5.11 Å². The maximum Gasteiger partial charge on any atom is 0.0653 e. The third-order valence-electron chi connectivity index (χ3n) is 4.51. The van der Waals surface area contributed by atoms with Crippen molar-refractivity contribution in [3.63, 3.8) is 0 Å². The number of hydrogen-bond acceptors (Lipinski definition) is 1. The molecular formula is C12H22O. The number of hydrogen-bond donors (Lipinski definition) is 1. The van der Waals surface area contributed by atoms with Crippen molar-refractivity contribution < 1.29 is 5.11 Å². The molecule has 1 N–H and O–H groups in total. The molecule has 0 aromatic rings. The fourth-order valence-corrected chi connectivity index (χ4v) is 3.79. The minimum absolute atomic E-state index is 0.368. The van der Waals surface area contributed by atoms with Gasteiger partial charge in [-0.1, -0.05) is 26.2 Å². The second kappa shape index (κ2) is 2.98. The minimum atomic E-state index is -0.368. The first-order valence-electron chi connectivity index (χ1n) is 5.77. The van der Waals surface area contributed by atoms with Crippen molar-refractivity contribution in [3.05, 3.63) is 0 Å². The van der Waals surface area contributed by atoms with E-state index in [0.717, 1.165) is 6.42 Å². The highest BCUT2D eigenvalue weighted by molar-refractivity contribution is 4.99. The smallest absolute Gasteiger partial charge is 0.0653 e. The molecule has 2 aliphatic rings. The van der Waals surface area contributed by atoms with Gasteiger partial charge in [0.15, 0.2) is 0 Å². The summed E-state index contributed by atoms with van der Waals surface area (Å²) in [6, 6.07) is 0. The van der Waals surface area contributed by atoms with Crippen LogP contribution in [0, 0.1) is 11.3 Å². The molecule has 0 bridgehead atoms. The van der Waals surface area contributed by atoms with E-state index in [1.807, 2.05) is 0 Å². The molecule has 2 rings (SSSR count). The lowest BCUT2D eigenvalue weighted by Crippen LogP contribution is -2.49. The van der Waals surface area contributed by atoms with E-state index in [9.17, 15) is 5.11 Å². The van der Waals surface area contributed by atoms with E-state index in [0.29, 0.717) is 11.3 Å². The Morgan fingerprint density at radius 3 is 2.38 bits per heavy atom. The first-order chi connectivity index (χ1) is 6.05. The molecule has 0 amide bonds. The highest BCUT2D eigenvalue weighted by atomic mass is 16.3. The highest BCUT2D eigenvalue weighted by Gasteiger charge is 2.48. The quantitative estimate of drug-likeness (QED) is 0.610. The number of fused-ring (bicyclic) bond motifs is 1. The first kappa shape index (κ1) is 9.51. The molecule has 13 heavy (non-hydrogen) atoms. The second-order valence-corrected chi connectivity index (χ2v) is 5.66. The molecule has 2 saturated carbocycles. The van der Waals surface area contributed by atoms with Crippen LogP contribution < -0.4 is 0 Å². The predicted molar refractivity (Wildman–Crippen MR) is 54.5 cm³/mol. The summed E-state index contributed by atoms with van der Waals surface area (Å²) in [5, 5.41) is 10.3. The standard InChI is InChI=1S/C12H22O/c1-11-7-4-3-6-10(11)12(2,13)9-5-8-11/h10,13H,3-9H2,1-2H3. The molecule has 0 aliphatic heterocycles. The molecule has 0 aromatic heterocycles. The van der Waals surface area contributed by atoms with Gasteiger partial charge in [-0.05, 0) is 43.9 Å². The van der Waals surface area contributed by atoms with E-state index in [1.165, 1.54) is 38.5 Å². The Morgan fingerprint density at radius 1 is 1.00 bits per heavy atom. The maximum absolute atomic E-state index is 10.3. The number of rotatable bonds is 0. The average molecular weight is 182 g/mol. The van der Waals surface area contributed by atoms with E-state index in [-0.39, 0.29) is 5.60 Å². The third kappa shape index (κ3) is 1.52. The molecule has 0 saturated heterocycles. The predicted octanol–water partition coefficient (Wildman–Crippen LogP) is 3.12. The van der Waals surface area contributed by atoms with Crippen LogP contribution in [0.15, 0.2) is 0 Å². The van der Waals surface area contributed by atoms with Crippen LogP contribution in [-0.2, 0) is 0 Å². The lowest BCUT2D eigenvalue weighted by atomic mass is 9.55. The SMILES string of the molecule is CC1(O)CCCC2(C)CCCCC12. The summed E-state index contributed by atoms with van der Waals surface area (Å²) in [7, 11) is 0. The van der Waals surface area contributed by atoms with Gasteiger partial charge in [-0.3, -0.25) is 0 Å². The molecule has 76 valence electrons. The summed E-state index contributed by atoms with van der Waals surface area (Å²) in [4.78, 5) is 0. The van der Waals surface area contributed by atoms with Gasteiger partial charge in [-0.2, -0.15) is 0 Å². The Morgan fingerprint density at radius 2 is 1.69 bits per heavy atom. The zero-order chi connectivity index (χ0) is 9.53. The van der Waals surface area contributed by atoms with Crippen molar-refractivity contribution in [2.45, 2.75) is 64.4 Å². The Bertz CT molecular complexity index is 193. The van der Waals surface area contributed by atoms with Crippen molar-refractivity contribution in [1.82, 2.24) is 0 Å². The zero-order valence-corrected chi connectivity index (χ0v) is 8.97. The second-order valence-electron chi connectivity index (χ2n) is 5.66. The Balaban J connectivity index is 2.21. The maximum atomic E-state index is 10.3. The summed E-state index contributed by atoms with van der Waals surface area (Å²) < 4.78 is 0. The van der Waals surface area contributed by atoms with E-state index >= 15 is 0 Å². The zero-order valence-electron chi connectivity index (χ0n) is 8.97. The summed E-state index contributed by atoms with van der Waals surface area (Å²) in [6.45, 7) is 4.45. The molecule has 0 aromatic carbocycles. The van der Waals surface area contributed by atoms with Gasteiger partial charge in [0.25, 0.3) is 0 Å². The molecule has 3 unspecified atom stereocenters. The van der Waals surface area contributed by atoms with Crippen LogP contribution in [0.2, 0.25) is 0 Å². The highest BCUT2D eigenvalue weighted by Crippen LogP contribution is 2.53. The fraction of sp³-hybridized carbons (Fsp3) is 1.00. The van der Waals surface area contributed by atoms with Crippen LogP contribution in [0.3, 0.4) is 0 Å². The van der Waals surface area contributed by atoms with Crippen LogP contribution in [0.5, 0.6) is 0 Å².